The fourth-order valence-electron chi connectivity index (χ4n) is 2.79. The third-order valence-corrected chi connectivity index (χ3v) is 3.79. The Morgan fingerprint density at radius 3 is 2.95 bits per heavy atom. The number of carbonyl (C=O) groups excluding carboxylic acids is 1. The first-order valence-corrected chi connectivity index (χ1v) is 6.54. The second kappa shape index (κ2) is 4.35. The number of rotatable bonds is 3. The highest BCUT2D eigenvalue weighted by molar-refractivity contribution is 5.94. The summed E-state index contributed by atoms with van der Waals surface area (Å²) in [6, 6.07) is 7.90. The first-order valence-electron chi connectivity index (χ1n) is 6.54. The summed E-state index contributed by atoms with van der Waals surface area (Å²) in [6.45, 7) is 2.80. The van der Waals surface area contributed by atoms with E-state index >= 15 is 0 Å². The fraction of sp³-hybridized carbons (Fsp3) is 0.429. The van der Waals surface area contributed by atoms with E-state index in [2.05, 4.69) is 22.2 Å². The summed E-state index contributed by atoms with van der Waals surface area (Å²) in [7, 11) is 0. The maximum absolute atomic E-state index is 12.0. The minimum Gasteiger partial charge on any atom is -0.349 e. The standard InChI is InChI=1S/C14H18N4O/c1-14(6-9(15)7-14)8-16-13(19)12-17-10-4-2-3-5-11(10)18-12/h2-5,9H,6-8,15H2,1H3,(H,16,19)(H,17,18). The number of nitrogens with zero attached hydrogens (tertiary/aromatic N) is 1. The monoisotopic (exact) mass is 258 g/mol. The SMILES string of the molecule is CC1(CNC(=O)c2nc3ccccc3[nH]2)CC(N)C1. The van der Waals surface area contributed by atoms with Gasteiger partial charge in [-0.25, -0.2) is 4.98 Å². The Balaban J connectivity index is 1.67. The van der Waals surface area contributed by atoms with E-state index in [0.717, 1.165) is 23.9 Å². The smallest absolute Gasteiger partial charge is 0.287 e. The number of H-pyrrole nitrogens is 1. The number of nitrogens with one attached hydrogen (secondary N) is 2. The zero-order valence-electron chi connectivity index (χ0n) is 10.9. The molecule has 0 saturated heterocycles. The van der Waals surface area contributed by atoms with Crippen molar-refractivity contribution in [1.29, 1.82) is 0 Å². The lowest BCUT2D eigenvalue weighted by atomic mass is 9.67. The molecule has 1 fully saturated rings. The predicted molar refractivity (Wildman–Crippen MR) is 73.7 cm³/mol. The summed E-state index contributed by atoms with van der Waals surface area (Å²) in [5.41, 5.74) is 7.62. The van der Waals surface area contributed by atoms with Gasteiger partial charge in [-0.15, -0.1) is 0 Å². The normalized spacial score (nSPS) is 26.1. The van der Waals surface area contributed by atoms with Crippen LogP contribution in [0.1, 0.15) is 30.4 Å². The number of hydrogen-bond acceptors (Lipinski definition) is 3. The molecule has 5 nitrogen and oxygen atoms in total. The second-order valence-corrected chi connectivity index (χ2v) is 5.76. The summed E-state index contributed by atoms with van der Waals surface area (Å²) in [5.74, 6) is 0.214. The van der Waals surface area contributed by atoms with Crippen molar-refractivity contribution in [3.63, 3.8) is 0 Å². The van der Waals surface area contributed by atoms with Crippen LogP contribution in [-0.4, -0.2) is 28.5 Å². The summed E-state index contributed by atoms with van der Waals surface area (Å²) >= 11 is 0. The lowest BCUT2D eigenvalue weighted by Gasteiger charge is -2.43. The molecule has 100 valence electrons. The number of para-hydroxylation sites is 2. The number of imidazole rings is 1. The van der Waals surface area contributed by atoms with Gasteiger partial charge in [0.05, 0.1) is 11.0 Å². The van der Waals surface area contributed by atoms with E-state index in [-0.39, 0.29) is 17.4 Å². The highest BCUT2D eigenvalue weighted by atomic mass is 16.2. The van der Waals surface area contributed by atoms with Crippen LogP contribution in [-0.2, 0) is 0 Å². The van der Waals surface area contributed by atoms with Crippen molar-refractivity contribution in [2.45, 2.75) is 25.8 Å². The number of amides is 1. The molecule has 1 saturated carbocycles. The van der Waals surface area contributed by atoms with Crippen LogP contribution in [0.15, 0.2) is 24.3 Å². The third-order valence-electron chi connectivity index (χ3n) is 3.79. The van der Waals surface area contributed by atoms with Crippen LogP contribution in [0.4, 0.5) is 0 Å². The van der Waals surface area contributed by atoms with Crippen molar-refractivity contribution >= 4 is 16.9 Å². The second-order valence-electron chi connectivity index (χ2n) is 5.76. The largest absolute Gasteiger partial charge is 0.349 e. The van der Waals surface area contributed by atoms with E-state index in [1.807, 2.05) is 24.3 Å². The van der Waals surface area contributed by atoms with Gasteiger partial charge < -0.3 is 16.0 Å². The van der Waals surface area contributed by atoms with E-state index < -0.39 is 0 Å². The predicted octanol–water partition coefficient (Wildman–Crippen LogP) is 1.42. The van der Waals surface area contributed by atoms with Gasteiger partial charge >= 0.3 is 0 Å². The zero-order valence-corrected chi connectivity index (χ0v) is 10.9. The molecule has 0 radical (unpaired) electrons. The van der Waals surface area contributed by atoms with E-state index in [1.54, 1.807) is 0 Å². The van der Waals surface area contributed by atoms with Gasteiger partial charge in [0.1, 0.15) is 0 Å². The Morgan fingerprint density at radius 2 is 2.26 bits per heavy atom. The molecule has 19 heavy (non-hydrogen) atoms. The van der Waals surface area contributed by atoms with Gasteiger partial charge in [0.15, 0.2) is 5.82 Å². The molecule has 1 aromatic carbocycles. The minimum atomic E-state index is -0.155. The Bertz CT molecular complexity index is 580. The zero-order chi connectivity index (χ0) is 13.5. The molecule has 2 aromatic rings. The van der Waals surface area contributed by atoms with Crippen LogP contribution >= 0.6 is 0 Å². The van der Waals surface area contributed by atoms with Gasteiger partial charge in [-0.05, 0) is 30.4 Å². The molecule has 1 heterocycles. The molecule has 5 heteroatoms. The molecular formula is C14H18N4O. The number of benzene rings is 1. The maximum Gasteiger partial charge on any atom is 0.287 e. The first-order chi connectivity index (χ1) is 9.06. The van der Waals surface area contributed by atoms with Crippen LogP contribution in [0, 0.1) is 5.41 Å². The molecule has 1 aliphatic carbocycles. The topological polar surface area (TPSA) is 83.8 Å². The quantitative estimate of drug-likeness (QED) is 0.778. The number of nitrogens with two attached hydrogens (primary N) is 1. The Morgan fingerprint density at radius 1 is 1.53 bits per heavy atom. The van der Waals surface area contributed by atoms with E-state index in [4.69, 9.17) is 5.73 Å². The molecule has 1 amide bonds. The number of aromatic amines is 1. The molecule has 1 aliphatic rings. The number of aromatic nitrogens is 2. The summed E-state index contributed by atoms with van der Waals surface area (Å²) < 4.78 is 0. The van der Waals surface area contributed by atoms with Crippen molar-refractivity contribution in [2.75, 3.05) is 6.54 Å². The van der Waals surface area contributed by atoms with Gasteiger partial charge in [0.25, 0.3) is 5.91 Å². The maximum atomic E-state index is 12.0. The van der Waals surface area contributed by atoms with Crippen molar-refractivity contribution in [1.82, 2.24) is 15.3 Å². The molecule has 1 aromatic heterocycles. The molecular weight excluding hydrogens is 240 g/mol. The lowest BCUT2D eigenvalue weighted by Crippen LogP contribution is -2.50. The van der Waals surface area contributed by atoms with Gasteiger partial charge in [0.2, 0.25) is 0 Å². The number of fused-ring (bicyclic) bond motifs is 1. The van der Waals surface area contributed by atoms with Gasteiger partial charge in [-0.3, -0.25) is 4.79 Å². The third kappa shape index (κ3) is 2.33. The molecule has 0 bridgehead atoms. The lowest BCUT2D eigenvalue weighted by molar-refractivity contribution is 0.0848. The first kappa shape index (κ1) is 12.2. The average molecular weight is 258 g/mol. The molecule has 0 spiro atoms. The Labute approximate surface area is 111 Å². The fourth-order valence-corrected chi connectivity index (χ4v) is 2.79. The molecule has 3 rings (SSSR count). The van der Waals surface area contributed by atoms with Crippen molar-refractivity contribution in [3.8, 4) is 0 Å². The van der Waals surface area contributed by atoms with Crippen molar-refractivity contribution in [3.05, 3.63) is 30.1 Å². The van der Waals surface area contributed by atoms with E-state index in [9.17, 15) is 4.79 Å². The molecule has 0 aliphatic heterocycles. The van der Waals surface area contributed by atoms with E-state index in [0.29, 0.717) is 12.4 Å². The van der Waals surface area contributed by atoms with Crippen molar-refractivity contribution < 1.29 is 4.79 Å². The number of carbonyl (C=O) groups is 1. The highest BCUT2D eigenvalue weighted by Crippen LogP contribution is 2.38. The van der Waals surface area contributed by atoms with E-state index in [1.165, 1.54) is 0 Å². The Hall–Kier alpha value is -1.88. The summed E-state index contributed by atoms with van der Waals surface area (Å²) in [6.07, 6.45) is 1.93. The molecule has 0 atom stereocenters. The summed E-state index contributed by atoms with van der Waals surface area (Å²) in [4.78, 5) is 19.4. The molecule has 0 unspecified atom stereocenters. The van der Waals surface area contributed by atoms with Crippen LogP contribution in [0.2, 0.25) is 0 Å². The van der Waals surface area contributed by atoms with Gasteiger partial charge in [0, 0.05) is 12.6 Å². The van der Waals surface area contributed by atoms with Crippen LogP contribution in [0.5, 0.6) is 0 Å². The van der Waals surface area contributed by atoms with Crippen molar-refractivity contribution in [2.24, 2.45) is 11.1 Å². The molecule has 4 N–H and O–H groups in total. The number of hydrogen-bond donors (Lipinski definition) is 3. The van der Waals surface area contributed by atoms with Gasteiger partial charge in [-0.1, -0.05) is 19.1 Å². The minimum absolute atomic E-state index is 0.140. The average Bonchev–Trinajstić information content (AvgIpc) is 2.78. The summed E-state index contributed by atoms with van der Waals surface area (Å²) in [5, 5.41) is 2.93. The van der Waals surface area contributed by atoms with Crippen LogP contribution < -0.4 is 11.1 Å². The van der Waals surface area contributed by atoms with Gasteiger partial charge in [-0.2, -0.15) is 0 Å². The van der Waals surface area contributed by atoms with Crippen LogP contribution in [0.3, 0.4) is 0 Å². The highest BCUT2D eigenvalue weighted by Gasteiger charge is 2.38. The van der Waals surface area contributed by atoms with Crippen LogP contribution in [0.25, 0.3) is 11.0 Å². The Kier molecular flexibility index (Phi) is 2.78.